The van der Waals surface area contributed by atoms with Gasteiger partial charge < -0.3 is 16.4 Å². The molecule has 0 aliphatic carbocycles. The summed E-state index contributed by atoms with van der Waals surface area (Å²) in [5, 5.41) is 7.21. The Hall–Kier alpha value is -2.46. The molecule has 1 fully saturated rings. The monoisotopic (exact) mass is 436 g/mol. The molecule has 0 saturated carbocycles. The van der Waals surface area contributed by atoms with Gasteiger partial charge in [0.05, 0.1) is 4.90 Å². The minimum absolute atomic E-state index is 0.0176. The number of hydrogen-bond acceptors (Lipinski definition) is 5. The normalized spacial score (nSPS) is 16.3. The molecule has 1 saturated heterocycles. The van der Waals surface area contributed by atoms with Crippen molar-refractivity contribution in [2.75, 3.05) is 19.6 Å². The zero-order chi connectivity index (χ0) is 22.1. The minimum Gasteiger partial charge on any atom is -0.381 e. The van der Waals surface area contributed by atoms with E-state index in [2.05, 4.69) is 9.71 Å². The van der Waals surface area contributed by atoms with Crippen LogP contribution >= 0.6 is 0 Å². The molecule has 0 aromatic heterocycles. The van der Waals surface area contributed by atoms with Gasteiger partial charge in [0, 0.05) is 19.6 Å². The number of nitrogens with one attached hydrogen (secondary N) is 2. The lowest BCUT2D eigenvalue weighted by Crippen LogP contribution is -2.49. The Morgan fingerprint density at radius 2 is 1.80 bits per heavy atom. The number of nitrogens with two attached hydrogens (primary N) is 2. The number of likely N-dealkylation sites (tertiary alicyclic amines) is 1. The SMILES string of the molecule is Cc1ccc(S(=O)(=O)NC(CCCCN=C(N)C(=N)N)C(=O)N2CCCCC2)cc1. The van der Waals surface area contributed by atoms with Crippen LogP contribution in [0.25, 0.3) is 0 Å². The van der Waals surface area contributed by atoms with E-state index in [0.717, 1.165) is 24.8 Å². The van der Waals surface area contributed by atoms with Crippen LogP contribution in [0.1, 0.15) is 44.1 Å². The number of rotatable bonds is 9. The summed E-state index contributed by atoms with van der Waals surface area (Å²) in [7, 11) is -3.82. The lowest BCUT2D eigenvalue weighted by Gasteiger charge is -2.30. The Balaban J connectivity index is 2.06. The molecule has 0 bridgehead atoms. The number of sulfonamides is 1. The fourth-order valence-electron chi connectivity index (χ4n) is 3.29. The first-order valence-corrected chi connectivity index (χ1v) is 11.7. The Labute approximate surface area is 178 Å². The average molecular weight is 437 g/mol. The van der Waals surface area contributed by atoms with E-state index >= 15 is 0 Å². The topological polar surface area (TPSA) is 155 Å². The minimum atomic E-state index is -3.82. The molecule has 1 aliphatic rings. The first-order chi connectivity index (χ1) is 14.2. The maximum absolute atomic E-state index is 13.0. The third kappa shape index (κ3) is 7.10. The molecule has 1 aromatic rings. The summed E-state index contributed by atoms with van der Waals surface area (Å²) in [6, 6.07) is 5.71. The predicted octanol–water partition coefficient (Wildman–Crippen LogP) is 1.12. The summed E-state index contributed by atoms with van der Waals surface area (Å²) < 4.78 is 28.3. The van der Waals surface area contributed by atoms with Crippen molar-refractivity contribution in [3.05, 3.63) is 29.8 Å². The number of benzene rings is 1. The lowest BCUT2D eigenvalue weighted by molar-refractivity contribution is -0.134. The van der Waals surface area contributed by atoms with E-state index in [-0.39, 0.29) is 22.5 Å². The Bertz CT molecular complexity index is 861. The van der Waals surface area contributed by atoms with Gasteiger partial charge >= 0.3 is 0 Å². The second-order valence-corrected chi connectivity index (χ2v) is 9.26. The molecule has 166 valence electrons. The molecule has 10 heteroatoms. The number of carbonyl (C=O) groups excluding carboxylic acids is 1. The summed E-state index contributed by atoms with van der Waals surface area (Å²) in [6.07, 6.45) is 4.48. The van der Waals surface area contributed by atoms with Gasteiger partial charge in [-0.1, -0.05) is 17.7 Å². The highest BCUT2D eigenvalue weighted by atomic mass is 32.2. The molecule has 0 spiro atoms. The van der Waals surface area contributed by atoms with Crippen molar-refractivity contribution in [1.29, 1.82) is 5.41 Å². The first-order valence-electron chi connectivity index (χ1n) is 10.2. The summed E-state index contributed by atoms with van der Waals surface area (Å²) in [6.45, 7) is 3.55. The third-order valence-corrected chi connectivity index (χ3v) is 6.54. The van der Waals surface area contributed by atoms with Gasteiger partial charge in [-0.2, -0.15) is 4.72 Å². The van der Waals surface area contributed by atoms with Crippen LogP contribution in [0.3, 0.4) is 0 Å². The number of nitrogens with zero attached hydrogens (tertiary/aromatic N) is 2. The summed E-state index contributed by atoms with van der Waals surface area (Å²) >= 11 is 0. The van der Waals surface area contributed by atoms with Gasteiger partial charge in [-0.05, 0) is 57.6 Å². The molecule has 1 aliphatic heterocycles. The number of amidine groups is 2. The molecule has 1 atom stereocenters. The zero-order valence-electron chi connectivity index (χ0n) is 17.4. The molecular formula is C20H32N6O3S. The van der Waals surface area contributed by atoms with Crippen LogP contribution in [-0.4, -0.2) is 56.6 Å². The highest BCUT2D eigenvalue weighted by Gasteiger charge is 2.29. The Morgan fingerprint density at radius 3 is 2.40 bits per heavy atom. The molecule has 1 unspecified atom stereocenters. The fraction of sp³-hybridized carbons (Fsp3) is 0.550. The largest absolute Gasteiger partial charge is 0.381 e. The molecule has 1 heterocycles. The number of aryl methyl sites for hydroxylation is 1. The lowest BCUT2D eigenvalue weighted by atomic mass is 10.1. The van der Waals surface area contributed by atoms with E-state index in [4.69, 9.17) is 16.9 Å². The highest BCUT2D eigenvalue weighted by Crippen LogP contribution is 2.16. The van der Waals surface area contributed by atoms with Crippen molar-refractivity contribution >= 4 is 27.6 Å². The smallest absolute Gasteiger partial charge is 0.241 e. The van der Waals surface area contributed by atoms with Gasteiger partial charge in [-0.15, -0.1) is 0 Å². The molecule has 2 rings (SSSR count). The van der Waals surface area contributed by atoms with Crippen LogP contribution in [0.15, 0.2) is 34.2 Å². The number of hydrogen-bond donors (Lipinski definition) is 4. The molecule has 9 nitrogen and oxygen atoms in total. The Morgan fingerprint density at radius 1 is 1.17 bits per heavy atom. The second-order valence-electron chi connectivity index (χ2n) is 7.55. The quantitative estimate of drug-likeness (QED) is 0.259. The van der Waals surface area contributed by atoms with E-state index in [1.807, 2.05) is 6.92 Å². The van der Waals surface area contributed by atoms with E-state index < -0.39 is 16.1 Å². The standard InChI is InChI=1S/C20H32N6O3S/c1-15-8-10-16(11-9-15)30(28,29)25-17(20(27)26-13-5-2-6-14-26)7-3-4-12-24-19(23)18(21)22/h8-11,17,25H,2-7,12-14H2,1H3,(H3,21,22)(H2,23,24). The highest BCUT2D eigenvalue weighted by molar-refractivity contribution is 7.89. The average Bonchev–Trinajstić information content (AvgIpc) is 2.72. The predicted molar refractivity (Wildman–Crippen MR) is 118 cm³/mol. The zero-order valence-corrected chi connectivity index (χ0v) is 18.2. The van der Waals surface area contributed by atoms with Gasteiger partial charge in [-0.3, -0.25) is 15.2 Å². The van der Waals surface area contributed by atoms with Crippen molar-refractivity contribution in [2.24, 2.45) is 16.5 Å². The van der Waals surface area contributed by atoms with E-state index in [1.165, 1.54) is 0 Å². The van der Waals surface area contributed by atoms with Crippen LogP contribution in [-0.2, 0) is 14.8 Å². The maximum Gasteiger partial charge on any atom is 0.241 e. The Kier molecular flexibility index (Phi) is 8.79. The van der Waals surface area contributed by atoms with Crippen LogP contribution in [0.4, 0.5) is 0 Å². The summed E-state index contributed by atoms with van der Waals surface area (Å²) in [4.78, 5) is 18.9. The first kappa shape index (κ1) is 23.8. The number of unbranched alkanes of at least 4 members (excludes halogenated alkanes) is 1. The van der Waals surface area contributed by atoms with Crippen LogP contribution < -0.4 is 16.2 Å². The number of aliphatic imine (C=N–C) groups is 1. The van der Waals surface area contributed by atoms with E-state index in [1.54, 1.807) is 29.2 Å². The maximum atomic E-state index is 13.0. The summed E-state index contributed by atoms with van der Waals surface area (Å²) in [5.41, 5.74) is 11.7. The van der Waals surface area contributed by atoms with Gasteiger partial charge in [0.1, 0.15) is 6.04 Å². The molecule has 1 amide bonds. The van der Waals surface area contributed by atoms with Crippen molar-refractivity contribution in [1.82, 2.24) is 9.62 Å². The second kappa shape index (κ2) is 11.1. The van der Waals surface area contributed by atoms with Crippen molar-refractivity contribution in [2.45, 2.75) is 56.4 Å². The van der Waals surface area contributed by atoms with E-state index in [9.17, 15) is 13.2 Å². The van der Waals surface area contributed by atoms with Gasteiger partial charge in [0.15, 0.2) is 11.7 Å². The van der Waals surface area contributed by atoms with Crippen LogP contribution in [0.5, 0.6) is 0 Å². The van der Waals surface area contributed by atoms with E-state index in [0.29, 0.717) is 38.9 Å². The molecule has 6 N–H and O–H groups in total. The van der Waals surface area contributed by atoms with Crippen molar-refractivity contribution < 1.29 is 13.2 Å². The molecular weight excluding hydrogens is 404 g/mol. The van der Waals surface area contributed by atoms with Gasteiger partial charge in [0.2, 0.25) is 15.9 Å². The number of amides is 1. The van der Waals surface area contributed by atoms with Crippen LogP contribution in [0, 0.1) is 12.3 Å². The number of piperidine rings is 1. The molecule has 30 heavy (non-hydrogen) atoms. The van der Waals surface area contributed by atoms with Crippen LogP contribution in [0.2, 0.25) is 0 Å². The third-order valence-electron chi connectivity index (χ3n) is 5.05. The number of carbonyl (C=O) groups is 1. The van der Waals surface area contributed by atoms with Crippen molar-refractivity contribution in [3.63, 3.8) is 0 Å². The molecule has 0 radical (unpaired) electrons. The molecule has 1 aromatic carbocycles. The van der Waals surface area contributed by atoms with Gasteiger partial charge in [0.25, 0.3) is 0 Å². The van der Waals surface area contributed by atoms with Crippen molar-refractivity contribution in [3.8, 4) is 0 Å². The fourth-order valence-corrected chi connectivity index (χ4v) is 4.51. The summed E-state index contributed by atoms with van der Waals surface area (Å²) in [5.74, 6) is -0.479. The van der Waals surface area contributed by atoms with Gasteiger partial charge in [-0.25, -0.2) is 8.42 Å².